The Hall–Kier alpha value is -2.99. The van der Waals surface area contributed by atoms with Crippen molar-refractivity contribution in [1.29, 1.82) is 0 Å². The summed E-state index contributed by atoms with van der Waals surface area (Å²) in [6.07, 6.45) is 0. The summed E-state index contributed by atoms with van der Waals surface area (Å²) in [4.78, 5) is 14.6. The summed E-state index contributed by atoms with van der Waals surface area (Å²) >= 11 is 0. The number of fused-ring (bicyclic) bond motifs is 1. The minimum Gasteiger partial charge on any atom is -0.459 e. The third-order valence-corrected chi connectivity index (χ3v) is 4.98. The van der Waals surface area contributed by atoms with Crippen LogP contribution in [0.1, 0.15) is 24.3 Å². The third kappa shape index (κ3) is 4.28. The van der Waals surface area contributed by atoms with Crippen molar-refractivity contribution in [2.75, 3.05) is 31.2 Å². The summed E-state index contributed by atoms with van der Waals surface area (Å²) in [5, 5.41) is 6.87. The molecular formula is C22H25N3O3. The maximum Gasteiger partial charge on any atom is 0.315 e. The Morgan fingerprint density at radius 3 is 2.61 bits per heavy atom. The number of rotatable bonds is 5. The number of amides is 2. The zero-order chi connectivity index (χ0) is 19.3. The first-order chi connectivity index (χ1) is 13.7. The Morgan fingerprint density at radius 1 is 1.11 bits per heavy atom. The van der Waals surface area contributed by atoms with Crippen molar-refractivity contribution in [3.05, 3.63) is 65.9 Å². The van der Waals surface area contributed by atoms with Gasteiger partial charge in [-0.2, -0.15) is 0 Å². The van der Waals surface area contributed by atoms with E-state index in [1.807, 2.05) is 49.4 Å². The van der Waals surface area contributed by atoms with E-state index >= 15 is 0 Å². The smallest absolute Gasteiger partial charge is 0.315 e. The molecular weight excluding hydrogens is 354 g/mol. The van der Waals surface area contributed by atoms with Crippen LogP contribution in [0, 0.1) is 0 Å². The normalized spacial score (nSPS) is 15.4. The van der Waals surface area contributed by atoms with Gasteiger partial charge in [-0.25, -0.2) is 4.79 Å². The molecule has 2 N–H and O–H groups in total. The van der Waals surface area contributed by atoms with Crippen molar-refractivity contribution in [1.82, 2.24) is 10.6 Å². The SMILES string of the molecule is CC(NC(=O)NCc1ccc(N2CCOCC2)cc1)c1cc2ccccc2o1. The summed E-state index contributed by atoms with van der Waals surface area (Å²) in [6.45, 7) is 5.76. The van der Waals surface area contributed by atoms with E-state index in [9.17, 15) is 4.79 Å². The van der Waals surface area contributed by atoms with E-state index in [-0.39, 0.29) is 12.1 Å². The largest absolute Gasteiger partial charge is 0.459 e. The fraction of sp³-hybridized carbons (Fsp3) is 0.318. The average molecular weight is 379 g/mol. The molecule has 6 heteroatoms. The van der Waals surface area contributed by atoms with Crippen molar-refractivity contribution in [3.63, 3.8) is 0 Å². The molecule has 2 heterocycles. The van der Waals surface area contributed by atoms with Gasteiger partial charge in [-0.1, -0.05) is 30.3 Å². The maximum absolute atomic E-state index is 12.2. The second-order valence-corrected chi connectivity index (χ2v) is 7.00. The molecule has 1 aromatic heterocycles. The highest BCUT2D eigenvalue weighted by atomic mass is 16.5. The van der Waals surface area contributed by atoms with Crippen molar-refractivity contribution >= 4 is 22.7 Å². The van der Waals surface area contributed by atoms with Crippen LogP contribution in [0.2, 0.25) is 0 Å². The van der Waals surface area contributed by atoms with Crippen molar-refractivity contribution in [2.24, 2.45) is 0 Å². The van der Waals surface area contributed by atoms with Gasteiger partial charge < -0.3 is 24.7 Å². The van der Waals surface area contributed by atoms with E-state index in [4.69, 9.17) is 9.15 Å². The van der Waals surface area contributed by atoms with Crippen LogP contribution >= 0.6 is 0 Å². The summed E-state index contributed by atoms with van der Waals surface area (Å²) in [5.41, 5.74) is 3.07. The number of hydrogen-bond donors (Lipinski definition) is 2. The average Bonchev–Trinajstić information content (AvgIpc) is 3.18. The molecule has 1 fully saturated rings. The number of hydrogen-bond acceptors (Lipinski definition) is 4. The number of carbonyl (C=O) groups is 1. The molecule has 1 unspecified atom stereocenters. The highest BCUT2D eigenvalue weighted by molar-refractivity contribution is 5.78. The van der Waals surface area contributed by atoms with Gasteiger partial charge in [0.2, 0.25) is 0 Å². The van der Waals surface area contributed by atoms with Crippen LogP contribution in [0.15, 0.2) is 59.0 Å². The van der Waals surface area contributed by atoms with Crippen LogP contribution in [-0.4, -0.2) is 32.3 Å². The molecule has 146 valence electrons. The number of benzene rings is 2. The summed E-state index contributed by atoms with van der Waals surface area (Å²) in [7, 11) is 0. The lowest BCUT2D eigenvalue weighted by molar-refractivity contribution is 0.122. The molecule has 6 nitrogen and oxygen atoms in total. The van der Waals surface area contributed by atoms with Gasteiger partial charge >= 0.3 is 6.03 Å². The van der Waals surface area contributed by atoms with Crippen LogP contribution < -0.4 is 15.5 Å². The zero-order valence-corrected chi connectivity index (χ0v) is 16.0. The van der Waals surface area contributed by atoms with Gasteiger partial charge in [-0.05, 0) is 36.8 Å². The molecule has 0 saturated carbocycles. The number of furan rings is 1. The molecule has 1 atom stereocenters. The monoisotopic (exact) mass is 379 g/mol. The molecule has 0 spiro atoms. The van der Waals surface area contributed by atoms with E-state index in [1.165, 1.54) is 5.69 Å². The quantitative estimate of drug-likeness (QED) is 0.707. The molecule has 1 aliphatic rings. The molecule has 4 rings (SSSR count). The molecule has 0 bridgehead atoms. The molecule has 28 heavy (non-hydrogen) atoms. The standard InChI is InChI=1S/C22H25N3O3/c1-16(21-14-18-4-2-3-5-20(18)28-21)24-22(26)23-15-17-6-8-19(9-7-17)25-10-12-27-13-11-25/h2-9,14,16H,10-13,15H2,1H3,(H2,23,24,26). The highest BCUT2D eigenvalue weighted by Gasteiger charge is 2.14. The number of nitrogens with one attached hydrogen (secondary N) is 2. The molecule has 1 aliphatic heterocycles. The Labute approximate surface area is 164 Å². The van der Waals surface area contributed by atoms with Crippen LogP contribution in [-0.2, 0) is 11.3 Å². The van der Waals surface area contributed by atoms with E-state index in [0.29, 0.717) is 6.54 Å². The summed E-state index contributed by atoms with van der Waals surface area (Å²) < 4.78 is 11.2. The lowest BCUT2D eigenvalue weighted by Gasteiger charge is -2.28. The van der Waals surface area contributed by atoms with Crippen molar-refractivity contribution in [3.8, 4) is 0 Å². The molecule has 1 saturated heterocycles. The van der Waals surface area contributed by atoms with E-state index < -0.39 is 0 Å². The number of nitrogens with zero attached hydrogens (tertiary/aromatic N) is 1. The number of urea groups is 1. The van der Waals surface area contributed by atoms with Crippen LogP contribution in [0.25, 0.3) is 11.0 Å². The minimum atomic E-state index is -0.217. The third-order valence-electron chi connectivity index (χ3n) is 4.98. The second-order valence-electron chi connectivity index (χ2n) is 7.00. The van der Waals surface area contributed by atoms with E-state index in [1.54, 1.807) is 0 Å². The Morgan fingerprint density at radius 2 is 1.86 bits per heavy atom. The van der Waals surface area contributed by atoms with Gasteiger partial charge in [0.15, 0.2) is 0 Å². The summed E-state index contributed by atoms with van der Waals surface area (Å²) in [5.74, 6) is 0.742. The number of ether oxygens (including phenoxy) is 1. The first-order valence-electron chi connectivity index (χ1n) is 9.63. The number of para-hydroxylation sites is 1. The Balaban J connectivity index is 1.29. The topological polar surface area (TPSA) is 66.7 Å². The van der Waals surface area contributed by atoms with Crippen molar-refractivity contribution in [2.45, 2.75) is 19.5 Å². The van der Waals surface area contributed by atoms with Gasteiger partial charge in [-0.15, -0.1) is 0 Å². The fourth-order valence-corrected chi connectivity index (χ4v) is 3.36. The second kappa shape index (κ2) is 8.35. The lowest BCUT2D eigenvalue weighted by Crippen LogP contribution is -2.36. The number of morpholine rings is 1. The maximum atomic E-state index is 12.2. The van der Waals surface area contributed by atoms with Crippen LogP contribution in [0.5, 0.6) is 0 Å². The van der Waals surface area contributed by atoms with E-state index in [2.05, 4.69) is 27.7 Å². The van der Waals surface area contributed by atoms with Gasteiger partial charge in [0.25, 0.3) is 0 Å². The Kier molecular flexibility index (Phi) is 5.48. The molecule has 0 aliphatic carbocycles. The first-order valence-corrected chi connectivity index (χ1v) is 9.63. The van der Waals surface area contributed by atoms with Gasteiger partial charge in [-0.3, -0.25) is 0 Å². The molecule has 2 amide bonds. The minimum absolute atomic E-state index is 0.212. The van der Waals surface area contributed by atoms with E-state index in [0.717, 1.165) is 48.6 Å². The first kappa shape index (κ1) is 18.4. The predicted molar refractivity (Wildman–Crippen MR) is 109 cm³/mol. The highest BCUT2D eigenvalue weighted by Crippen LogP contribution is 2.23. The lowest BCUT2D eigenvalue weighted by atomic mass is 10.2. The molecule has 3 aromatic rings. The number of carbonyl (C=O) groups excluding carboxylic acids is 1. The molecule has 0 radical (unpaired) electrons. The van der Waals surface area contributed by atoms with Gasteiger partial charge in [0.1, 0.15) is 11.3 Å². The van der Waals surface area contributed by atoms with Crippen LogP contribution in [0.3, 0.4) is 0 Å². The fourth-order valence-electron chi connectivity index (χ4n) is 3.36. The molecule has 2 aromatic carbocycles. The van der Waals surface area contributed by atoms with Gasteiger partial charge in [0.05, 0.1) is 19.3 Å². The van der Waals surface area contributed by atoms with Crippen LogP contribution in [0.4, 0.5) is 10.5 Å². The Bertz CT molecular complexity index is 897. The zero-order valence-electron chi connectivity index (χ0n) is 16.0. The summed E-state index contributed by atoms with van der Waals surface area (Å²) in [6, 6.07) is 17.6. The predicted octanol–water partition coefficient (Wildman–Crippen LogP) is 3.83. The van der Waals surface area contributed by atoms with Crippen molar-refractivity contribution < 1.29 is 13.9 Å². The number of anilines is 1. The van der Waals surface area contributed by atoms with Gasteiger partial charge in [0, 0.05) is 30.7 Å².